The second kappa shape index (κ2) is 8.45. The summed E-state index contributed by atoms with van der Waals surface area (Å²) < 4.78 is 5.40. The molecule has 1 saturated heterocycles. The number of hydrogen-bond donors (Lipinski definition) is 1. The lowest BCUT2D eigenvalue weighted by molar-refractivity contribution is -0.117. The minimum atomic E-state index is 0.0155. The van der Waals surface area contributed by atoms with E-state index < -0.39 is 0 Å². The summed E-state index contributed by atoms with van der Waals surface area (Å²) in [6.07, 6.45) is 0. The highest BCUT2D eigenvalue weighted by Gasteiger charge is 2.23. The van der Waals surface area contributed by atoms with Crippen LogP contribution in [0.1, 0.15) is 11.1 Å². The van der Waals surface area contributed by atoms with Crippen molar-refractivity contribution in [3.8, 4) is 11.5 Å². The number of para-hydroxylation sites is 1. The Morgan fingerprint density at radius 3 is 2.38 bits per heavy atom. The Kier molecular flexibility index (Phi) is 5.57. The van der Waals surface area contributed by atoms with E-state index in [9.17, 15) is 4.79 Å². The lowest BCUT2D eigenvalue weighted by Gasteiger charge is -2.33. The molecule has 0 aliphatic carbocycles. The molecular formula is C22H25N5O2. The molecule has 0 unspecified atom stereocenters. The zero-order chi connectivity index (χ0) is 20.2. The average molecular weight is 391 g/mol. The Morgan fingerprint density at radius 1 is 1.00 bits per heavy atom. The van der Waals surface area contributed by atoms with Gasteiger partial charge >= 0.3 is 0 Å². The van der Waals surface area contributed by atoms with Gasteiger partial charge in [0.25, 0.3) is 11.8 Å². The second-order valence-corrected chi connectivity index (χ2v) is 7.34. The van der Waals surface area contributed by atoms with Crippen LogP contribution in [0.15, 0.2) is 53.1 Å². The van der Waals surface area contributed by atoms with Crippen LogP contribution in [-0.4, -0.2) is 53.7 Å². The second-order valence-electron chi connectivity index (χ2n) is 7.34. The molecule has 1 N–H and O–H groups in total. The van der Waals surface area contributed by atoms with Gasteiger partial charge in [0.05, 0.1) is 6.54 Å². The number of anilines is 2. The number of amides is 1. The number of aromatic nitrogens is 2. The highest BCUT2D eigenvalue weighted by Crippen LogP contribution is 2.21. The first-order chi connectivity index (χ1) is 14.1. The van der Waals surface area contributed by atoms with E-state index >= 15 is 0 Å². The van der Waals surface area contributed by atoms with Gasteiger partial charge in [-0.15, -0.1) is 0 Å². The number of rotatable bonds is 5. The van der Waals surface area contributed by atoms with Crippen molar-refractivity contribution in [3.63, 3.8) is 0 Å². The zero-order valence-electron chi connectivity index (χ0n) is 16.8. The number of aryl methyl sites for hydroxylation is 2. The molecule has 0 saturated carbocycles. The van der Waals surface area contributed by atoms with Crippen molar-refractivity contribution in [2.24, 2.45) is 0 Å². The van der Waals surface area contributed by atoms with Gasteiger partial charge in [-0.25, -0.2) is 0 Å². The van der Waals surface area contributed by atoms with Gasteiger partial charge in [0, 0.05) is 37.4 Å². The Bertz CT molecular complexity index is 958. The van der Waals surface area contributed by atoms with Crippen LogP contribution < -0.4 is 10.2 Å². The van der Waals surface area contributed by atoms with Crippen LogP contribution in [0.3, 0.4) is 0 Å². The van der Waals surface area contributed by atoms with Crippen LogP contribution in [0.25, 0.3) is 11.5 Å². The minimum absolute atomic E-state index is 0.0155. The molecule has 1 aliphatic rings. The van der Waals surface area contributed by atoms with Crippen molar-refractivity contribution < 1.29 is 9.32 Å². The first-order valence-electron chi connectivity index (χ1n) is 9.82. The Balaban J connectivity index is 1.31. The minimum Gasteiger partial charge on any atom is -0.336 e. The summed E-state index contributed by atoms with van der Waals surface area (Å²) in [7, 11) is 0. The third-order valence-electron chi connectivity index (χ3n) is 5.20. The molecule has 0 atom stereocenters. The monoisotopic (exact) mass is 391 g/mol. The summed E-state index contributed by atoms with van der Waals surface area (Å²) in [5.74, 6) is 1.14. The average Bonchev–Trinajstić information content (AvgIpc) is 3.22. The Labute approximate surface area is 170 Å². The summed E-state index contributed by atoms with van der Waals surface area (Å²) in [6, 6.07) is 15.8. The van der Waals surface area contributed by atoms with Crippen LogP contribution in [0.5, 0.6) is 0 Å². The number of carbonyl (C=O) groups is 1. The van der Waals surface area contributed by atoms with E-state index in [4.69, 9.17) is 4.52 Å². The van der Waals surface area contributed by atoms with Crippen molar-refractivity contribution in [3.05, 3.63) is 59.7 Å². The number of nitrogens with one attached hydrogen (secondary N) is 1. The molecule has 2 heterocycles. The lowest BCUT2D eigenvalue weighted by atomic mass is 10.1. The maximum atomic E-state index is 12.5. The van der Waals surface area contributed by atoms with Gasteiger partial charge in [0.15, 0.2) is 0 Å². The largest absolute Gasteiger partial charge is 0.336 e. The SMILES string of the molecule is Cc1cccc(C)c1NC(=O)CN1CCN(c2noc(-c3ccccc3)n2)CC1. The predicted molar refractivity (Wildman–Crippen MR) is 113 cm³/mol. The number of piperazine rings is 1. The van der Waals surface area contributed by atoms with E-state index in [0.717, 1.165) is 48.6 Å². The maximum Gasteiger partial charge on any atom is 0.266 e. The highest BCUT2D eigenvalue weighted by molar-refractivity contribution is 5.93. The fraction of sp³-hybridized carbons (Fsp3) is 0.318. The van der Waals surface area contributed by atoms with Gasteiger partial charge in [-0.3, -0.25) is 9.69 Å². The number of carbonyl (C=O) groups excluding carboxylic acids is 1. The quantitative estimate of drug-likeness (QED) is 0.720. The normalized spacial score (nSPS) is 14.8. The molecule has 150 valence electrons. The molecule has 7 nitrogen and oxygen atoms in total. The van der Waals surface area contributed by atoms with Gasteiger partial charge in [-0.05, 0) is 42.3 Å². The summed E-state index contributed by atoms with van der Waals surface area (Å²) in [5, 5.41) is 7.18. The predicted octanol–water partition coefficient (Wildman–Crippen LogP) is 3.11. The topological polar surface area (TPSA) is 74.5 Å². The van der Waals surface area contributed by atoms with Crippen molar-refractivity contribution in [2.45, 2.75) is 13.8 Å². The number of nitrogens with zero attached hydrogens (tertiary/aromatic N) is 4. The van der Waals surface area contributed by atoms with Crippen molar-refractivity contribution in [1.29, 1.82) is 0 Å². The first-order valence-corrected chi connectivity index (χ1v) is 9.82. The van der Waals surface area contributed by atoms with Crippen molar-refractivity contribution in [1.82, 2.24) is 15.0 Å². The molecule has 1 aliphatic heterocycles. The van der Waals surface area contributed by atoms with E-state index in [1.165, 1.54) is 0 Å². The molecule has 0 radical (unpaired) electrons. The fourth-order valence-electron chi connectivity index (χ4n) is 3.54. The molecule has 4 rings (SSSR count). The van der Waals surface area contributed by atoms with Gasteiger partial charge < -0.3 is 14.7 Å². The highest BCUT2D eigenvalue weighted by atomic mass is 16.5. The van der Waals surface area contributed by atoms with Gasteiger partial charge in [0.1, 0.15) is 0 Å². The van der Waals surface area contributed by atoms with E-state index in [1.807, 2.05) is 62.4 Å². The molecule has 1 aromatic heterocycles. The van der Waals surface area contributed by atoms with Crippen LogP contribution in [0, 0.1) is 13.8 Å². The van der Waals surface area contributed by atoms with Crippen LogP contribution in [0.4, 0.5) is 11.6 Å². The number of benzene rings is 2. The Morgan fingerprint density at radius 2 is 1.69 bits per heavy atom. The van der Waals surface area contributed by atoms with E-state index in [1.54, 1.807) is 0 Å². The summed E-state index contributed by atoms with van der Waals surface area (Å²) >= 11 is 0. The van der Waals surface area contributed by atoms with Crippen LogP contribution in [0.2, 0.25) is 0 Å². The van der Waals surface area contributed by atoms with Crippen LogP contribution >= 0.6 is 0 Å². The molecule has 7 heteroatoms. The Hall–Kier alpha value is -3.19. The fourth-order valence-corrected chi connectivity index (χ4v) is 3.54. The lowest BCUT2D eigenvalue weighted by Crippen LogP contribution is -2.49. The van der Waals surface area contributed by atoms with E-state index in [-0.39, 0.29) is 5.91 Å². The van der Waals surface area contributed by atoms with Gasteiger partial charge in [-0.2, -0.15) is 4.98 Å². The van der Waals surface area contributed by atoms with Crippen molar-refractivity contribution >= 4 is 17.5 Å². The summed E-state index contributed by atoms with van der Waals surface area (Å²) in [6.45, 7) is 7.45. The third-order valence-corrected chi connectivity index (χ3v) is 5.20. The molecule has 0 bridgehead atoms. The molecular weight excluding hydrogens is 366 g/mol. The molecule has 0 spiro atoms. The van der Waals surface area contributed by atoms with Gasteiger partial charge in [0.2, 0.25) is 5.91 Å². The van der Waals surface area contributed by atoms with Crippen LogP contribution in [-0.2, 0) is 4.79 Å². The molecule has 3 aromatic rings. The number of hydrogen-bond acceptors (Lipinski definition) is 6. The molecule has 2 aromatic carbocycles. The van der Waals surface area contributed by atoms with E-state index in [2.05, 4.69) is 25.3 Å². The maximum absolute atomic E-state index is 12.5. The summed E-state index contributed by atoms with van der Waals surface area (Å²) in [4.78, 5) is 21.3. The zero-order valence-corrected chi connectivity index (χ0v) is 16.8. The smallest absolute Gasteiger partial charge is 0.266 e. The van der Waals surface area contributed by atoms with Crippen molar-refractivity contribution in [2.75, 3.05) is 42.9 Å². The molecule has 1 amide bonds. The first kappa shape index (κ1) is 19.1. The standard InChI is InChI=1S/C22H25N5O2/c1-16-7-6-8-17(2)20(16)23-19(28)15-26-11-13-27(14-12-26)22-24-21(29-25-22)18-9-4-3-5-10-18/h3-10H,11-15H2,1-2H3,(H,23,28). The third kappa shape index (κ3) is 4.46. The summed E-state index contributed by atoms with van der Waals surface area (Å²) in [5.41, 5.74) is 3.98. The molecule has 29 heavy (non-hydrogen) atoms. The van der Waals surface area contributed by atoms with E-state index in [0.29, 0.717) is 18.4 Å². The molecule has 1 fully saturated rings. The van der Waals surface area contributed by atoms with Gasteiger partial charge in [-0.1, -0.05) is 36.4 Å².